The molecule has 0 aliphatic heterocycles. The van der Waals surface area contributed by atoms with Crippen LogP contribution in [0.15, 0.2) is 60.7 Å². The minimum absolute atomic E-state index is 0.286. The topological polar surface area (TPSA) is 65.0 Å². The highest BCUT2D eigenvalue weighted by atomic mass is 17.2. The molecule has 0 aliphatic carbocycles. The van der Waals surface area contributed by atoms with Gasteiger partial charge in [0.05, 0.1) is 11.2 Å². The molecule has 136 valence electrons. The highest BCUT2D eigenvalue weighted by Crippen LogP contribution is 2.26. The van der Waals surface area contributed by atoms with E-state index in [0.29, 0.717) is 5.56 Å². The molecule has 0 unspecified atom stereocenters. The van der Waals surface area contributed by atoms with Crippen LogP contribution in [0.5, 0.6) is 0 Å². The molecule has 0 fully saturated rings. The third-order valence-corrected chi connectivity index (χ3v) is 3.06. The largest absolute Gasteiger partial charge is 0.372 e. The number of carbonyl (C=O) groups is 1. The van der Waals surface area contributed by atoms with E-state index in [4.69, 9.17) is 15.0 Å². The monoisotopic (exact) mass is 346 g/mol. The summed E-state index contributed by atoms with van der Waals surface area (Å²) in [7, 11) is 0. The molecular weight excluding hydrogens is 320 g/mol. The fraction of sp³-hybridized carbons (Fsp3) is 0.350. The summed E-state index contributed by atoms with van der Waals surface area (Å²) in [5.41, 5.74) is 0.736. The Kier molecular flexibility index (Phi) is 7.77. The van der Waals surface area contributed by atoms with Crippen molar-refractivity contribution >= 4 is 5.97 Å². The Hall–Kier alpha value is -2.21. The van der Waals surface area contributed by atoms with Crippen LogP contribution in [-0.2, 0) is 20.3 Å². The average Bonchev–Trinajstić information content (AvgIpc) is 2.61. The Morgan fingerprint density at radius 3 is 1.72 bits per heavy atom. The van der Waals surface area contributed by atoms with Gasteiger partial charge in [-0.25, -0.2) is 14.6 Å². The van der Waals surface area contributed by atoms with Crippen LogP contribution in [0, 0.1) is 0 Å². The second-order valence-electron chi connectivity index (χ2n) is 6.90. The molecule has 0 saturated heterocycles. The van der Waals surface area contributed by atoms with Gasteiger partial charge in [-0.3, -0.25) is 4.89 Å². The van der Waals surface area contributed by atoms with Gasteiger partial charge in [-0.2, -0.15) is 5.26 Å². The van der Waals surface area contributed by atoms with Gasteiger partial charge < -0.3 is 0 Å². The molecule has 1 N–H and O–H groups in total. The van der Waals surface area contributed by atoms with Gasteiger partial charge in [-0.05, 0) is 52.3 Å². The summed E-state index contributed by atoms with van der Waals surface area (Å²) >= 11 is 0. The Balaban J connectivity index is 0.000000271. The van der Waals surface area contributed by atoms with Crippen LogP contribution in [0.3, 0.4) is 0 Å². The SMILES string of the molecule is CC(C)(C)OOC(C)(C)c1ccccc1.O=C(OO)c1ccccc1. The van der Waals surface area contributed by atoms with Crippen LogP contribution >= 0.6 is 0 Å². The molecule has 2 rings (SSSR count). The van der Waals surface area contributed by atoms with E-state index in [0.717, 1.165) is 5.56 Å². The molecule has 0 heterocycles. The van der Waals surface area contributed by atoms with E-state index in [1.54, 1.807) is 30.3 Å². The summed E-state index contributed by atoms with van der Waals surface area (Å²) in [4.78, 5) is 24.9. The summed E-state index contributed by atoms with van der Waals surface area (Å²) in [5.74, 6) is -0.736. The van der Waals surface area contributed by atoms with Crippen LogP contribution < -0.4 is 0 Å². The third-order valence-electron chi connectivity index (χ3n) is 3.06. The van der Waals surface area contributed by atoms with Crippen LogP contribution in [0.2, 0.25) is 0 Å². The first-order valence-electron chi connectivity index (χ1n) is 7.99. The molecule has 0 amide bonds. The lowest BCUT2D eigenvalue weighted by Gasteiger charge is -2.28. The molecule has 5 nitrogen and oxygen atoms in total. The second-order valence-corrected chi connectivity index (χ2v) is 6.90. The van der Waals surface area contributed by atoms with E-state index in [9.17, 15) is 4.79 Å². The Morgan fingerprint density at radius 1 is 0.800 bits per heavy atom. The molecule has 0 saturated carbocycles. The molecule has 2 aromatic carbocycles. The summed E-state index contributed by atoms with van der Waals surface area (Å²) in [6.45, 7) is 9.89. The molecule has 0 aromatic heterocycles. The maximum atomic E-state index is 10.5. The first kappa shape index (κ1) is 20.8. The molecule has 0 bridgehead atoms. The van der Waals surface area contributed by atoms with Crippen LogP contribution in [-0.4, -0.2) is 16.8 Å². The predicted molar refractivity (Wildman–Crippen MR) is 95.9 cm³/mol. The standard InChI is InChI=1S/C13H20O2.C7H6O3/c1-12(2,3)14-15-13(4,5)11-9-7-6-8-10-11;8-7(10-9)6-4-2-1-3-5-6/h6-10H,1-5H3;1-5,9H. The molecule has 0 aliphatic rings. The predicted octanol–water partition coefficient (Wildman–Crippen LogP) is 4.98. The summed E-state index contributed by atoms with van der Waals surface area (Å²) < 4.78 is 0. The zero-order valence-electron chi connectivity index (χ0n) is 15.4. The van der Waals surface area contributed by atoms with E-state index in [2.05, 4.69) is 4.89 Å². The molecule has 0 atom stereocenters. The highest BCUT2D eigenvalue weighted by molar-refractivity contribution is 5.88. The minimum Gasteiger partial charge on any atom is -0.296 e. The average molecular weight is 346 g/mol. The molecule has 25 heavy (non-hydrogen) atoms. The Bertz CT molecular complexity index is 630. The number of hydrogen-bond acceptors (Lipinski definition) is 5. The number of carbonyl (C=O) groups excluding carboxylic acids is 1. The summed E-state index contributed by atoms with van der Waals surface area (Å²) in [6.07, 6.45) is 0. The highest BCUT2D eigenvalue weighted by Gasteiger charge is 2.25. The van der Waals surface area contributed by atoms with Crippen LogP contribution in [0.1, 0.15) is 50.5 Å². The number of hydrogen-bond donors (Lipinski definition) is 1. The van der Waals surface area contributed by atoms with Gasteiger partial charge in [0.2, 0.25) is 0 Å². The van der Waals surface area contributed by atoms with Gasteiger partial charge in [0.15, 0.2) is 0 Å². The maximum absolute atomic E-state index is 10.5. The summed E-state index contributed by atoms with van der Waals surface area (Å²) in [5, 5.41) is 7.94. The zero-order valence-corrected chi connectivity index (χ0v) is 15.4. The van der Waals surface area contributed by atoms with E-state index in [-0.39, 0.29) is 5.60 Å². The van der Waals surface area contributed by atoms with Gasteiger partial charge in [0, 0.05) is 0 Å². The van der Waals surface area contributed by atoms with E-state index in [1.165, 1.54) is 0 Å². The Morgan fingerprint density at radius 2 is 1.28 bits per heavy atom. The van der Waals surface area contributed by atoms with Gasteiger partial charge in [-0.1, -0.05) is 48.5 Å². The van der Waals surface area contributed by atoms with Crippen molar-refractivity contribution in [1.29, 1.82) is 0 Å². The van der Waals surface area contributed by atoms with Crippen molar-refractivity contribution in [3.05, 3.63) is 71.8 Å². The van der Waals surface area contributed by atoms with Gasteiger partial charge >= 0.3 is 5.97 Å². The molecule has 0 spiro atoms. The minimum atomic E-state index is -0.736. The second kappa shape index (κ2) is 9.32. The van der Waals surface area contributed by atoms with E-state index in [1.807, 2.05) is 65.0 Å². The van der Waals surface area contributed by atoms with Gasteiger partial charge in [-0.15, -0.1) is 0 Å². The van der Waals surface area contributed by atoms with Gasteiger partial charge in [0.1, 0.15) is 5.60 Å². The zero-order chi connectivity index (χ0) is 18.9. The lowest BCUT2D eigenvalue weighted by Crippen LogP contribution is -2.28. The van der Waals surface area contributed by atoms with Crippen molar-refractivity contribution in [3.63, 3.8) is 0 Å². The Labute approximate surface area is 149 Å². The lowest BCUT2D eigenvalue weighted by molar-refractivity contribution is -0.401. The van der Waals surface area contributed by atoms with E-state index >= 15 is 0 Å². The van der Waals surface area contributed by atoms with Crippen molar-refractivity contribution < 1.29 is 24.7 Å². The van der Waals surface area contributed by atoms with Crippen molar-refractivity contribution in [3.8, 4) is 0 Å². The summed E-state index contributed by atoms with van der Waals surface area (Å²) in [6, 6.07) is 18.3. The fourth-order valence-corrected chi connectivity index (χ4v) is 1.74. The van der Waals surface area contributed by atoms with Gasteiger partial charge in [0.25, 0.3) is 0 Å². The normalized spacial score (nSPS) is 11.3. The van der Waals surface area contributed by atoms with Crippen LogP contribution in [0.4, 0.5) is 0 Å². The third kappa shape index (κ3) is 7.94. The molecule has 0 radical (unpaired) electrons. The van der Waals surface area contributed by atoms with Crippen molar-refractivity contribution in [1.82, 2.24) is 0 Å². The molecule has 2 aromatic rings. The van der Waals surface area contributed by atoms with Crippen molar-refractivity contribution in [2.45, 2.75) is 45.8 Å². The first-order valence-corrected chi connectivity index (χ1v) is 7.99. The van der Waals surface area contributed by atoms with Crippen LogP contribution in [0.25, 0.3) is 0 Å². The first-order chi connectivity index (χ1) is 11.7. The van der Waals surface area contributed by atoms with Crippen molar-refractivity contribution in [2.75, 3.05) is 0 Å². The lowest BCUT2D eigenvalue weighted by atomic mass is 9.99. The number of rotatable bonds is 4. The quantitative estimate of drug-likeness (QED) is 0.624. The number of benzene rings is 2. The van der Waals surface area contributed by atoms with Crippen molar-refractivity contribution in [2.24, 2.45) is 0 Å². The maximum Gasteiger partial charge on any atom is 0.372 e. The molecular formula is C20H26O5. The molecule has 5 heteroatoms. The smallest absolute Gasteiger partial charge is 0.296 e. The fourth-order valence-electron chi connectivity index (χ4n) is 1.74. The van der Waals surface area contributed by atoms with E-state index < -0.39 is 11.6 Å².